The lowest BCUT2D eigenvalue weighted by molar-refractivity contribution is -0.603. The average Bonchev–Trinajstić information content (AvgIpc) is 2.93. The predicted molar refractivity (Wildman–Crippen MR) is 102 cm³/mol. The molecule has 0 spiro atoms. The Hall–Kier alpha value is -2.94. The van der Waals surface area contributed by atoms with E-state index in [-0.39, 0.29) is 0 Å². The summed E-state index contributed by atoms with van der Waals surface area (Å²) in [4.78, 5) is 0. The van der Waals surface area contributed by atoms with E-state index in [1.54, 1.807) is 0 Å². The lowest BCUT2D eigenvalue weighted by Gasteiger charge is -2.11. The van der Waals surface area contributed by atoms with E-state index >= 15 is 0 Å². The molecule has 0 aliphatic carbocycles. The molecule has 0 radical (unpaired) electrons. The van der Waals surface area contributed by atoms with E-state index in [1.165, 1.54) is 39.2 Å². The van der Waals surface area contributed by atoms with Crippen molar-refractivity contribution in [2.75, 3.05) is 0 Å². The van der Waals surface area contributed by atoms with Crippen LogP contribution in [0.2, 0.25) is 0 Å². The molecule has 4 aromatic rings. The van der Waals surface area contributed by atoms with Crippen molar-refractivity contribution in [3.63, 3.8) is 0 Å². The Morgan fingerprint density at radius 1 is 0.920 bits per heavy atom. The van der Waals surface area contributed by atoms with Gasteiger partial charge in [-0.1, -0.05) is 24.3 Å². The maximum absolute atomic E-state index is 4.69. The number of hydrogen-bond donors (Lipinski definition) is 0. The van der Waals surface area contributed by atoms with Gasteiger partial charge in [0.2, 0.25) is 5.69 Å². The number of benzene rings is 2. The van der Waals surface area contributed by atoms with Crippen molar-refractivity contribution < 1.29 is 4.57 Å². The molecule has 0 N–H and O–H groups in total. The van der Waals surface area contributed by atoms with Gasteiger partial charge in [-0.25, -0.2) is 0 Å². The number of aromatic nitrogens is 3. The number of nitrogens with zero attached hydrogens (tertiary/aromatic N) is 3. The maximum atomic E-state index is 4.69. The number of fused-ring (bicyclic) bond motifs is 1. The monoisotopic (exact) mass is 328 g/mol. The zero-order valence-electron chi connectivity index (χ0n) is 15.1. The van der Waals surface area contributed by atoms with E-state index < -0.39 is 0 Å². The van der Waals surface area contributed by atoms with Gasteiger partial charge in [0.05, 0.1) is 11.2 Å². The minimum absolute atomic E-state index is 1.03. The van der Waals surface area contributed by atoms with Crippen LogP contribution >= 0.6 is 0 Å². The minimum Gasteiger partial charge on any atom is -0.267 e. The molecule has 25 heavy (non-hydrogen) atoms. The van der Waals surface area contributed by atoms with Crippen molar-refractivity contribution in [3.05, 3.63) is 77.6 Å². The molecule has 0 amide bonds. The molecule has 0 saturated carbocycles. The van der Waals surface area contributed by atoms with Gasteiger partial charge < -0.3 is 0 Å². The Bertz CT molecular complexity index is 1090. The quantitative estimate of drug-likeness (QED) is 0.499. The molecule has 4 rings (SSSR count). The Morgan fingerprint density at radius 3 is 2.48 bits per heavy atom. The van der Waals surface area contributed by atoms with Crippen LogP contribution in [0, 0.1) is 20.8 Å². The highest BCUT2D eigenvalue weighted by Gasteiger charge is 2.20. The fraction of sp³-hybridized carbons (Fsp3) is 0.182. The van der Waals surface area contributed by atoms with Crippen molar-refractivity contribution in [2.45, 2.75) is 20.8 Å². The second-order valence-electron chi connectivity index (χ2n) is 6.66. The maximum Gasteiger partial charge on any atom is 0.214 e. The highest BCUT2D eigenvalue weighted by molar-refractivity contribution is 5.94. The van der Waals surface area contributed by atoms with Crippen LogP contribution in [0.15, 0.2) is 60.8 Å². The summed E-state index contributed by atoms with van der Waals surface area (Å²) in [7, 11) is 2.03. The molecule has 3 nitrogen and oxygen atoms in total. The van der Waals surface area contributed by atoms with Crippen LogP contribution in [0.5, 0.6) is 0 Å². The normalized spacial score (nSPS) is 11.2. The van der Waals surface area contributed by atoms with Crippen molar-refractivity contribution in [1.29, 1.82) is 0 Å². The van der Waals surface area contributed by atoms with Gasteiger partial charge in [0.25, 0.3) is 0 Å². The van der Waals surface area contributed by atoms with Crippen LogP contribution in [-0.2, 0) is 7.05 Å². The van der Waals surface area contributed by atoms with E-state index in [2.05, 4.69) is 80.1 Å². The van der Waals surface area contributed by atoms with Gasteiger partial charge >= 0.3 is 0 Å². The van der Waals surface area contributed by atoms with Gasteiger partial charge in [0.15, 0.2) is 11.9 Å². The molecule has 2 aromatic heterocycles. The Balaban J connectivity index is 2.04. The fourth-order valence-corrected chi connectivity index (χ4v) is 3.60. The highest BCUT2D eigenvalue weighted by atomic mass is 15.3. The lowest BCUT2D eigenvalue weighted by Crippen LogP contribution is -2.34. The van der Waals surface area contributed by atoms with E-state index in [0.29, 0.717) is 0 Å². The summed E-state index contributed by atoms with van der Waals surface area (Å²) in [6.45, 7) is 6.50. The summed E-state index contributed by atoms with van der Waals surface area (Å²) >= 11 is 0. The second-order valence-corrected chi connectivity index (χ2v) is 6.66. The zero-order chi connectivity index (χ0) is 17.6. The molecular formula is C22H22N3+. The number of rotatable bonds is 2. The first-order valence-corrected chi connectivity index (χ1v) is 8.57. The van der Waals surface area contributed by atoms with Crippen LogP contribution in [0.3, 0.4) is 0 Å². The van der Waals surface area contributed by atoms with Crippen LogP contribution in [0.1, 0.15) is 16.8 Å². The third-order valence-corrected chi connectivity index (χ3v) is 4.84. The minimum atomic E-state index is 1.03. The van der Waals surface area contributed by atoms with Crippen molar-refractivity contribution in [2.24, 2.45) is 7.05 Å². The van der Waals surface area contributed by atoms with Crippen molar-refractivity contribution >= 4 is 10.9 Å². The fourth-order valence-electron chi connectivity index (χ4n) is 3.60. The summed E-state index contributed by atoms with van der Waals surface area (Å²) in [5.74, 6) is 0. The largest absolute Gasteiger partial charge is 0.267 e. The number of pyridine rings is 1. The van der Waals surface area contributed by atoms with E-state index in [4.69, 9.17) is 5.10 Å². The number of aryl methyl sites for hydroxylation is 3. The summed E-state index contributed by atoms with van der Waals surface area (Å²) in [5, 5.41) is 5.88. The van der Waals surface area contributed by atoms with E-state index in [0.717, 1.165) is 5.52 Å². The summed E-state index contributed by atoms with van der Waals surface area (Å²) in [6.07, 6.45) is 2.13. The summed E-state index contributed by atoms with van der Waals surface area (Å²) in [6, 6.07) is 19.2. The molecule has 0 fully saturated rings. The van der Waals surface area contributed by atoms with Gasteiger partial charge in [-0.3, -0.25) is 4.68 Å². The first kappa shape index (κ1) is 15.6. The van der Waals surface area contributed by atoms with Gasteiger partial charge in [0, 0.05) is 48.7 Å². The Labute approximate surface area is 148 Å². The first-order chi connectivity index (χ1) is 12.1. The molecule has 2 heterocycles. The molecule has 0 atom stereocenters. The van der Waals surface area contributed by atoms with Crippen LogP contribution < -0.4 is 4.57 Å². The molecule has 0 saturated heterocycles. The van der Waals surface area contributed by atoms with Crippen molar-refractivity contribution in [3.8, 4) is 16.9 Å². The zero-order valence-corrected chi connectivity index (χ0v) is 15.1. The van der Waals surface area contributed by atoms with Gasteiger partial charge in [-0.15, -0.1) is 0 Å². The Kier molecular flexibility index (Phi) is 3.65. The third-order valence-electron chi connectivity index (χ3n) is 4.84. The van der Waals surface area contributed by atoms with Crippen LogP contribution in [-0.4, -0.2) is 9.78 Å². The topological polar surface area (TPSA) is 21.7 Å². The lowest BCUT2D eigenvalue weighted by atomic mass is 9.98. The van der Waals surface area contributed by atoms with Gasteiger partial charge in [0.1, 0.15) is 0 Å². The van der Waals surface area contributed by atoms with Gasteiger partial charge in [-0.2, -0.15) is 9.67 Å². The molecule has 0 aliphatic rings. The molecule has 0 unspecified atom stereocenters. The molecular weight excluding hydrogens is 306 g/mol. The highest BCUT2D eigenvalue weighted by Crippen LogP contribution is 2.33. The molecule has 2 aromatic carbocycles. The smallest absolute Gasteiger partial charge is 0.214 e. The second kappa shape index (κ2) is 5.85. The molecule has 124 valence electrons. The van der Waals surface area contributed by atoms with E-state index in [9.17, 15) is 0 Å². The molecule has 3 heteroatoms. The molecule has 0 bridgehead atoms. The van der Waals surface area contributed by atoms with E-state index in [1.807, 2.05) is 17.8 Å². The Morgan fingerprint density at radius 2 is 1.68 bits per heavy atom. The van der Waals surface area contributed by atoms with Crippen LogP contribution in [0.4, 0.5) is 0 Å². The van der Waals surface area contributed by atoms with Gasteiger partial charge in [-0.05, 0) is 31.5 Å². The molecule has 0 aliphatic heterocycles. The third kappa shape index (κ3) is 2.52. The summed E-state index contributed by atoms with van der Waals surface area (Å²) in [5.41, 5.74) is 8.39. The standard InChI is InChI=1S/C22H22N3/c1-15-13-19(22-18-10-5-6-11-20(18)23-24(22)4)17(3)21(14-15)25-12-8-7-9-16(25)2/h5-14H,1-4H3/q+1. The van der Waals surface area contributed by atoms with Crippen LogP contribution in [0.25, 0.3) is 27.8 Å². The number of hydrogen-bond acceptors (Lipinski definition) is 1. The predicted octanol–water partition coefficient (Wildman–Crippen LogP) is 4.44. The SMILES string of the molecule is Cc1cc(-c2c3ccccc3nn2C)c(C)c(-[n+]2ccccc2C)c1. The van der Waals surface area contributed by atoms with Crippen molar-refractivity contribution in [1.82, 2.24) is 9.78 Å². The average molecular weight is 328 g/mol. The summed E-state index contributed by atoms with van der Waals surface area (Å²) < 4.78 is 4.25. The first-order valence-electron chi connectivity index (χ1n) is 8.57.